The van der Waals surface area contributed by atoms with Crippen molar-refractivity contribution in [2.75, 3.05) is 26.9 Å². The fraction of sp³-hybridized carbons (Fsp3) is 0.375. The summed E-state index contributed by atoms with van der Waals surface area (Å²) in [5, 5.41) is 9.55. The van der Waals surface area contributed by atoms with Gasteiger partial charge in [-0.2, -0.15) is 0 Å². The van der Waals surface area contributed by atoms with Crippen LogP contribution in [-0.2, 0) is 9.53 Å². The zero-order valence-electron chi connectivity index (χ0n) is 13.4. The van der Waals surface area contributed by atoms with Crippen LogP contribution in [-0.4, -0.2) is 48.0 Å². The van der Waals surface area contributed by atoms with Gasteiger partial charge in [0.1, 0.15) is 0 Å². The number of aromatic hydroxyl groups is 1. The van der Waals surface area contributed by atoms with Gasteiger partial charge in [0.15, 0.2) is 11.5 Å². The lowest BCUT2D eigenvalue weighted by Crippen LogP contribution is -2.29. The van der Waals surface area contributed by atoms with E-state index in [9.17, 15) is 14.7 Å². The molecular formula is C16H18BrNO5S. The maximum Gasteiger partial charge on any atom is 0.293 e. The van der Waals surface area contributed by atoms with Gasteiger partial charge >= 0.3 is 0 Å². The first-order valence-corrected chi connectivity index (χ1v) is 8.98. The number of hydrogen-bond acceptors (Lipinski definition) is 6. The molecule has 0 radical (unpaired) electrons. The zero-order chi connectivity index (χ0) is 17.7. The standard InChI is InChI=1S/C16H18BrNO5S/c1-3-23-13-7-10(11(17)9-12(13)19)8-14-15(20)18(16(21)24-14)5-4-6-22-2/h7-9,19H,3-6H2,1-2H3/b14-8+. The number of halogens is 1. The molecule has 0 aromatic heterocycles. The molecule has 8 heteroatoms. The zero-order valence-corrected chi connectivity index (χ0v) is 15.8. The largest absolute Gasteiger partial charge is 0.504 e. The van der Waals surface area contributed by atoms with Crippen molar-refractivity contribution >= 4 is 44.9 Å². The third-order valence-electron chi connectivity index (χ3n) is 3.27. The summed E-state index contributed by atoms with van der Waals surface area (Å²) in [4.78, 5) is 25.9. The minimum atomic E-state index is -0.320. The first kappa shape index (κ1) is 18.8. The van der Waals surface area contributed by atoms with E-state index in [1.807, 2.05) is 6.92 Å². The van der Waals surface area contributed by atoms with Gasteiger partial charge in [-0.05, 0) is 48.9 Å². The Hall–Kier alpha value is -1.51. The molecule has 1 saturated heterocycles. The molecule has 130 valence electrons. The van der Waals surface area contributed by atoms with E-state index in [2.05, 4.69) is 15.9 Å². The van der Waals surface area contributed by atoms with Gasteiger partial charge < -0.3 is 14.6 Å². The normalized spacial score (nSPS) is 16.3. The number of rotatable bonds is 7. The van der Waals surface area contributed by atoms with Crippen LogP contribution in [0.3, 0.4) is 0 Å². The third kappa shape index (κ3) is 4.31. The van der Waals surface area contributed by atoms with E-state index >= 15 is 0 Å². The van der Waals surface area contributed by atoms with E-state index in [1.165, 1.54) is 11.0 Å². The van der Waals surface area contributed by atoms with Gasteiger partial charge in [-0.1, -0.05) is 15.9 Å². The lowest BCUT2D eigenvalue weighted by molar-refractivity contribution is -0.122. The molecule has 1 fully saturated rings. The van der Waals surface area contributed by atoms with Gasteiger partial charge in [0.2, 0.25) is 0 Å². The first-order chi connectivity index (χ1) is 11.5. The molecule has 0 saturated carbocycles. The highest BCUT2D eigenvalue weighted by molar-refractivity contribution is 9.10. The third-order valence-corrected chi connectivity index (χ3v) is 4.86. The van der Waals surface area contributed by atoms with Crippen molar-refractivity contribution < 1.29 is 24.2 Å². The van der Waals surface area contributed by atoms with Crippen molar-refractivity contribution in [3.05, 3.63) is 27.1 Å². The summed E-state index contributed by atoms with van der Waals surface area (Å²) in [5.74, 6) is 0.0128. The van der Waals surface area contributed by atoms with Gasteiger partial charge in [0, 0.05) is 24.7 Å². The summed E-state index contributed by atoms with van der Waals surface area (Å²) >= 11 is 4.25. The van der Waals surface area contributed by atoms with Gasteiger partial charge in [0.25, 0.3) is 11.1 Å². The van der Waals surface area contributed by atoms with Crippen LogP contribution in [0.2, 0.25) is 0 Å². The number of carbonyl (C=O) groups is 2. The number of amides is 2. The topological polar surface area (TPSA) is 76.1 Å². The molecule has 1 heterocycles. The summed E-state index contributed by atoms with van der Waals surface area (Å²) in [7, 11) is 1.58. The van der Waals surface area contributed by atoms with Crippen LogP contribution < -0.4 is 4.74 Å². The smallest absolute Gasteiger partial charge is 0.293 e. The molecule has 24 heavy (non-hydrogen) atoms. The molecule has 1 aliphatic rings. The summed E-state index contributed by atoms with van der Waals surface area (Å²) in [6.45, 7) is 3.04. The number of thioether (sulfide) groups is 1. The minimum Gasteiger partial charge on any atom is -0.504 e. The molecule has 2 amide bonds. The number of benzene rings is 1. The van der Waals surface area contributed by atoms with Gasteiger partial charge in [-0.15, -0.1) is 0 Å². The molecular weight excluding hydrogens is 398 g/mol. The van der Waals surface area contributed by atoms with Crippen molar-refractivity contribution in [2.24, 2.45) is 0 Å². The monoisotopic (exact) mass is 415 g/mol. The Morgan fingerprint density at radius 2 is 2.12 bits per heavy atom. The number of phenolic OH excluding ortho intramolecular Hbond substituents is 1. The van der Waals surface area contributed by atoms with Crippen molar-refractivity contribution in [2.45, 2.75) is 13.3 Å². The number of methoxy groups -OCH3 is 1. The van der Waals surface area contributed by atoms with Crippen LogP contribution in [0.25, 0.3) is 6.08 Å². The molecule has 2 rings (SSSR count). The molecule has 1 aliphatic heterocycles. The summed E-state index contributed by atoms with van der Waals surface area (Å²) in [5.41, 5.74) is 0.652. The van der Waals surface area contributed by atoms with E-state index in [-0.39, 0.29) is 16.9 Å². The van der Waals surface area contributed by atoms with E-state index in [4.69, 9.17) is 9.47 Å². The Morgan fingerprint density at radius 3 is 2.79 bits per heavy atom. The molecule has 1 aromatic carbocycles. The number of ether oxygens (including phenoxy) is 2. The number of imide groups is 1. The molecule has 1 N–H and O–H groups in total. The Labute approximate surface area is 152 Å². The number of carbonyl (C=O) groups excluding carboxylic acids is 2. The van der Waals surface area contributed by atoms with Gasteiger partial charge in [-0.3, -0.25) is 14.5 Å². The lowest BCUT2D eigenvalue weighted by atomic mass is 10.2. The fourth-order valence-corrected chi connectivity index (χ4v) is 3.44. The van der Waals surface area contributed by atoms with Crippen molar-refractivity contribution in [1.82, 2.24) is 4.90 Å². The Kier molecular flexibility index (Phi) is 6.70. The summed E-state index contributed by atoms with van der Waals surface area (Å²) in [6, 6.07) is 3.13. The van der Waals surface area contributed by atoms with Crippen molar-refractivity contribution in [1.29, 1.82) is 0 Å². The quantitative estimate of drug-likeness (QED) is 0.541. The average Bonchev–Trinajstić information content (AvgIpc) is 2.79. The van der Waals surface area contributed by atoms with E-state index in [1.54, 1.807) is 19.3 Å². The maximum absolute atomic E-state index is 12.4. The highest BCUT2D eigenvalue weighted by Gasteiger charge is 2.34. The number of hydrogen-bond donors (Lipinski definition) is 1. The summed E-state index contributed by atoms with van der Waals surface area (Å²) < 4.78 is 10.9. The van der Waals surface area contributed by atoms with Crippen LogP contribution in [0, 0.1) is 0 Å². The second-order valence-corrected chi connectivity index (χ2v) is 6.80. The Balaban J connectivity index is 2.24. The molecule has 0 aliphatic carbocycles. The van der Waals surface area contributed by atoms with Gasteiger partial charge in [-0.25, -0.2) is 0 Å². The molecule has 0 spiro atoms. The predicted octanol–water partition coefficient (Wildman–Crippen LogP) is 3.63. The van der Waals surface area contributed by atoms with E-state index in [0.29, 0.717) is 46.9 Å². The fourth-order valence-electron chi connectivity index (χ4n) is 2.14. The SMILES string of the molecule is CCOc1cc(/C=C2/SC(=O)N(CCCOC)C2=O)c(Br)cc1O. The highest BCUT2D eigenvalue weighted by atomic mass is 79.9. The van der Waals surface area contributed by atoms with E-state index in [0.717, 1.165) is 11.8 Å². The second-order valence-electron chi connectivity index (χ2n) is 4.95. The maximum atomic E-state index is 12.4. The first-order valence-electron chi connectivity index (χ1n) is 7.37. The molecule has 1 aromatic rings. The lowest BCUT2D eigenvalue weighted by Gasteiger charge is -2.11. The van der Waals surface area contributed by atoms with Crippen molar-refractivity contribution in [3.63, 3.8) is 0 Å². The number of phenols is 1. The Bertz CT molecular complexity index is 677. The van der Waals surface area contributed by atoms with Gasteiger partial charge in [0.05, 0.1) is 11.5 Å². The highest BCUT2D eigenvalue weighted by Crippen LogP contribution is 2.37. The van der Waals surface area contributed by atoms with Crippen molar-refractivity contribution in [3.8, 4) is 11.5 Å². The van der Waals surface area contributed by atoms with E-state index < -0.39 is 0 Å². The summed E-state index contributed by atoms with van der Waals surface area (Å²) in [6.07, 6.45) is 2.21. The van der Waals surface area contributed by atoms with Crippen LogP contribution in [0.5, 0.6) is 11.5 Å². The number of nitrogens with zero attached hydrogens (tertiary/aromatic N) is 1. The van der Waals surface area contributed by atoms with Crippen LogP contribution in [0.4, 0.5) is 4.79 Å². The second kappa shape index (κ2) is 8.55. The molecule has 0 unspecified atom stereocenters. The Morgan fingerprint density at radius 1 is 1.38 bits per heavy atom. The van der Waals surface area contributed by atoms with Crippen LogP contribution >= 0.6 is 27.7 Å². The van der Waals surface area contributed by atoms with Crippen LogP contribution in [0.1, 0.15) is 18.9 Å². The van der Waals surface area contributed by atoms with Crippen LogP contribution in [0.15, 0.2) is 21.5 Å². The molecule has 6 nitrogen and oxygen atoms in total. The average molecular weight is 416 g/mol. The predicted molar refractivity (Wildman–Crippen MR) is 96.1 cm³/mol. The molecule has 0 bridgehead atoms. The minimum absolute atomic E-state index is 0.00791. The molecule has 0 atom stereocenters.